The molecule has 1 N–H and O–H groups in total. The quantitative estimate of drug-likeness (QED) is 0.635. The van der Waals surface area contributed by atoms with Crippen LogP contribution in [0.2, 0.25) is 0 Å². The molecule has 9 nitrogen and oxygen atoms in total. The Morgan fingerprint density at radius 1 is 1.24 bits per heavy atom. The molecule has 1 aliphatic rings. The molecule has 2 heterocycles. The second-order valence-electron chi connectivity index (χ2n) is 9.38. The van der Waals surface area contributed by atoms with Gasteiger partial charge in [0.1, 0.15) is 24.5 Å². The Labute approximate surface area is 192 Å². The number of amides is 2. The molecule has 33 heavy (non-hydrogen) atoms. The fourth-order valence-electron chi connectivity index (χ4n) is 3.81. The molecular formula is C23H31FN4O5. The Bertz CT molecular complexity index is 1030. The van der Waals surface area contributed by atoms with E-state index in [0.29, 0.717) is 17.4 Å². The van der Waals surface area contributed by atoms with Gasteiger partial charge in [-0.25, -0.2) is 9.18 Å². The second kappa shape index (κ2) is 9.86. The number of carbonyl (C=O) groups excluding carboxylic acids is 3. The predicted octanol–water partition coefficient (Wildman–Crippen LogP) is 2.92. The number of alkyl halides is 1. The van der Waals surface area contributed by atoms with Crippen LogP contribution in [0.1, 0.15) is 44.6 Å². The molecule has 0 saturated carbocycles. The Morgan fingerprint density at radius 3 is 2.58 bits per heavy atom. The highest BCUT2D eigenvalue weighted by Crippen LogP contribution is 2.26. The maximum Gasteiger partial charge on any atom is 0.409 e. The van der Waals surface area contributed by atoms with Crippen LogP contribution in [0.4, 0.5) is 9.18 Å². The van der Waals surface area contributed by atoms with Gasteiger partial charge in [-0.1, -0.05) is 39.0 Å². The summed E-state index contributed by atoms with van der Waals surface area (Å²) < 4.78 is 26.6. The van der Waals surface area contributed by atoms with Crippen molar-refractivity contribution >= 4 is 28.7 Å². The van der Waals surface area contributed by atoms with Gasteiger partial charge in [-0.2, -0.15) is 5.10 Å². The van der Waals surface area contributed by atoms with E-state index in [4.69, 9.17) is 9.47 Å². The van der Waals surface area contributed by atoms with Gasteiger partial charge >= 0.3 is 6.09 Å². The molecular weight excluding hydrogens is 431 g/mol. The van der Waals surface area contributed by atoms with Crippen LogP contribution in [-0.4, -0.2) is 71.2 Å². The van der Waals surface area contributed by atoms with E-state index in [-0.39, 0.29) is 30.0 Å². The summed E-state index contributed by atoms with van der Waals surface area (Å²) in [6, 6.07) is 7.06. The van der Waals surface area contributed by atoms with Crippen LogP contribution in [-0.2, 0) is 20.8 Å². The van der Waals surface area contributed by atoms with E-state index in [9.17, 15) is 18.8 Å². The first-order valence-corrected chi connectivity index (χ1v) is 10.9. The number of benzene rings is 1. The smallest absolute Gasteiger partial charge is 0.409 e. The molecule has 2 aromatic rings. The predicted molar refractivity (Wildman–Crippen MR) is 119 cm³/mol. The summed E-state index contributed by atoms with van der Waals surface area (Å²) in [6.07, 6.45) is -3.87. The molecule has 3 atom stereocenters. The van der Waals surface area contributed by atoms with Gasteiger partial charge in [0, 0.05) is 26.0 Å². The number of alkyl carbamates (subject to hydrolysis) is 1. The number of likely N-dealkylation sites (tertiary alicyclic amines) is 1. The standard InChI is InChI=1S/C23H31FN4O5/c1-14(29)19-15-8-6-7-9-17(15)28(26-19)13-18(30)27-12-16(24)20(32-5)21(27)33-22(31)25-11-10-23(2,3)4/h6-9,16,20-21H,10-13H2,1-5H3,(H,25,31)/t16-,20+,21-/m0/s1. The zero-order valence-electron chi connectivity index (χ0n) is 19.6. The molecule has 1 aliphatic heterocycles. The number of ether oxygens (including phenoxy) is 2. The van der Waals surface area contributed by atoms with Gasteiger partial charge in [0.25, 0.3) is 0 Å². The Balaban J connectivity index is 1.76. The van der Waals surface area contributed by atoms with Crippen LogP contribution < -0.4 is 5.32 Å². The zero-order valence-corrected chi connectivity index (χ0v) is 19.6. The van der Waals surface area contributed by atoms with Crippen LogP contribution in [0.5, 0.6) is 0 Å². The average molecular weight is 463 g/mol. The third-order valence-corrected chi connectivity index (χ3v) is 5.56. The number of fused-ring (bicyclic) bond motifs is 1. The fourth-order valence-corrected chi connectivity index (χ4v) is 3.81. The number of rotatable bonds is 7. The number of nitrogens with zero attached hydrogens (tertiary/aromatic N) is 3. The summed E-state index contributed by atoms with van der Waals surface area (Å²) in [6.45, 7) is 7.39. The maximum absolute atomic E-state index is 14.6. The van der Waals surface area contributed by atoms with Crippen molar-refractivity contribution in [1.29, 1.82) is 0 Å². The van der Waals surface area contributed by atoms with E-state index < -0.39 is 30.5 Å². The van der Waals surface area contributed by atoms with Crippen molar-refractivity contribution in [3.8, 4) is 0 Å². The highest BCUT2D eigenvalue weighted by molar-refractivity contribution is 6.05. The minimum Gasteiger partial charge on any atom is -0.422 e. The van der Waals surface area contributed by atoms with E-state index in [1.807, 2.05) is 20.8 Å². The zero-order chi connectivity index (χ0) is 24.3. The summed E-state index contributed by atoms with van der Waals surface area (Å²) >= 11 is 0. The van der Waals surface area contributed by atoms with Crippen molar-refractivity contribution in [1.82, 2.24) is 20.0 Å². The Kier molecular flexibility index (Phi) is 7.36. The van der Waals surface area contributed by atoms with Crippen LogP contribution in [0.15, 0.2) is 24.3 Å². The number of ketones is 1. The van der Waals surface area contributed by atoms with E-state index in [0.717, 1.165) is 11.3 Å². The number of nitrogens with one attached hydrogen (secondary N) is 1. The lowest BCUT2D eigenvalue weighted by atomic mass is 9.92. The molecule has 0 bridgehead atoms. The largest absolute Gasteiger partial charge is 0.422 e. The molecule has 0 aliphatic carbocycles. The van der Waals surface area contributed by atoms with E-state index in [1.54, 1.807) is 24.3 Å². The monoisotopic (exact) mass is 462 g/mol. The number of halogens is 1. The van der Waals surface area contributed by atoms with Gasteiger partial charge in [-0.05, 0) is 17.9 Å². The van der Waals surface area contributed by atoms with Crippen molar-refractivity contribution in [2.24, 2.45) is 5.41 Å². The molecule has 3 rings (SSSR count). The molecule has 0 unspecified atom stereocenters. The fraction of sp³-hybridized carbons (Fsp3) is 0.565. The van der Waals surface area contributed by atoms with Gasteiger partial charge in [0.2, 0.25) is 12.1 Å². The number of carbonyl (C=O) groups is 3. The first-order chi connectivity index (χ1) is 15.5. The topological polar surface area (TPSA) is 103 Å². The van der Waals surface area contributed by atoms with Gasteiger partial charge < -0.3 is 14.8 Å². The van der Waals surface area contributed by atoms with E-state index in [2.05, 4.69) is 10.4 Å². The maximum atomic E-state index is 14.6. The highest BCUT2D eigenvalue weighted by atomic mass is 19.1. The Morgan fingerprint density at radius 2 is 1.94 bits per heavy atom. The van der Waals surface area contributed by atoms with Crippen LogP contribution in [0.3, 0.4) is 0 Å². The lowest BCUT2D eigenvalue weighted by molar-refractivity contribution is -0.143. The van der Waals surface area contributed by atoms with Crippen molar-refractivity contribution in [2.45, 2.75) is 59.2 Å². The lowest BCUT2D eigenvalue weighted by Crippen LogP contribution is -2.46. The first-order valence-electron chi connectivity index (χ1n) is 10.9. The van der Waals surface area contributed by atoms with Crippen LogP contribution in [0.25, 0.3) is 10.9 Å². The van der Waals surface area contributed by atoms with Gasteiger partial charge in [-0.3, -0.25) is 19.2 Å². The number of Topliss-reactive ketones (excluding diaryl/α,β-unsaturated/α-hetero) is 1. The number of hydrogen-bond acceptors (Lipinski definition) is 6. The molecule has 1 aromatic heterocycles. The molecule has 10 heteroatoms. The summed E-state index contributed by atoms with van der Waals surface area (Å²) in [5.41, 5.74) is 0.879. The molecule has 1 fully saturated rings. The minimum atomic E-state index is -1.52. The van der Waals surface area contributed by atoms with Crippen LogP contribution >= 0.6 is 0 Å². The third-order valence-electron chi connectivity index (χ3n) is 5.56. The SMILES string of the molecule is CO[C@@H]1[C@@H](F)CN(C(=O)Cn2nc(C(C)=O)c3ccccc32)[C@H]1OC(=O)NCCC(C)(C)C. The minimum absolute atomic E-state index is 0.0208. The third kappa shape index (κ3) is 5.68. The summed E-state index contributed by atoms with van der Waals surface area (Å²) in [5, 5.41) is 7.55. The van der Waals surface area contributed by atoms with Crippen LogP contribution in [0, 0.1) is 5.41 Å². The molecule has 0 spiro atoms. The van der Waals surface area contributed by atoms with E-state index >= 15 is 0 Å². The molecule has 1 saturated heterocycles. The Hall–Kier alpha value is -3.01. The average Bonchev–Trinajstić information content (AvgIpc) is 3.24. The van der Waals surface area contributed by atoms with Crippen molar-refractivity contribution < 1.29 is 28.2 Å². The molecule has 0 radical (unpaired) electrons. The lowest BCUT2D eigenvalue weighted by Gasteiger charge is -2.27. The van der Waals surface area contributed by atoms with Gasteiger partial charge in [-0.15, -0.1) is 0 Å². The number of hydrogen-bond donors (Lipinski definition) is 1. The van der Waals surface area contributed by atoms with Crippen molar-refractivity contribution in [3.05, 3.63) is 30.0 Å². The van der Waals surface area contributed by atoms with Crippen molar-refractivity contribution in [2.75, 3.05) is 20.2 Å². The number of methoxy groups -OCH3 is 1. The second-order valence-corrected chi connectivity index (χ2v) is 9.38. The van der Waals surface area contributed by atoms with Crippen molar-refractivity contribution in [3.63, 3.8) is 0 Å². The first kappa shape index (κ1) is 24.6. The summed E-state index contributed by atoms with van der Waals surface area (Å²) in [5.74, 6) is -0.733. The summed E-state index contributed by atoms with van der Waals surface area (Å²) in [4.78, 5) is 38.6. The van der Waals surface area contributed by atoms with Gasteiger partial charge in [0.15, 0.2) is 5.78 Å². The van der Waals surface area contributed by atoms with Gasteiger partial charge in [0.05, 0.1) is 12.1 Å². The molecule has 1 aromatic carbocycles. The normalized spacial score (nSPS) is 20.8. The summed E-state index contributed by atoms with van der Waals surface area (Å²) in [7, 11) is 1.30. The number of para-hydroxylation sites is 1. The molecule has 2 amide bonds. The number of aromatic nitrogens is 2. The van der Waals surface area contributed by atoms with E-state index in [1.165, 1.54) is 18.7 Å². The highest BCUT2D eigenvalue weighted by Gasteiger charge is 2.47. The molecule has 180 valence electrons.